The molecule has 0 aromatic rings. The summed E-state index contributed by atoms with van der Waals surface area (Å²) in [6, 6.07) is 0. The first-order chi connectivity index (χ1) is 12.1. The smallest absolute Gasteiger partial charge is 0.305 e. The Bertz CT molecular complexity index is 260. The third kappa shape index (κ3) is 26.0. The van der Waals surface area contributed by atoms with Crippen molar-refractivity contribution >= 4 is 17.6 Å². The predicted octanol–water partition coefficient (Wildman–Crippen LogP) is 3.80. The number of ether oxygens (including phenoxy) is 1. The van der Waals surface area contributed by atoms with Gasteiger partial charge in [-0.25, -0.2) is 0 Å². The van der Waals surface area contributed by atoms with E-state index in [1.54, 1.807) is 0 Å². The van der Waals surface area contributed by atoms with Crippen LogP contribution in [0.2, 0.25) is 0 Å². The van der Waals surface area contributed by atoms with E-state index in [2.05, 4.69) is 6.92 Å². The molecule has 0 saturated carbocycles. The van der Waals surface area contributed by atoms with Gasteiger partial charge in [0.15, 0.2) is 0 Å². The van der Waals surface area contributed by atoms with Gasteiger partial charge in [-0.3, -0.25) is 4.79 Å². The number of esters is 1. The maximum atomic E-state index is 11.3. The van der Waals surface area contributed by atoms with Gasteiger partial charge < -0.3 is 20.1 Å². The maximum Gasteiger partial charge on any atom is 0.305 e. The van der Waals surface area contributed by atoms with E-state index in [1.807, 2.05) is 0 Å². The zero-order chi connectivity index (χ0) is 19.2. The van der Waals surface area contributed by atoms with Crippen LogP contribution in [0.15, 0.2) is 0 Å². The average molecular weight is 383 g/mol. The minimum Gasteiger partial charge on any atom is -0.463 e. The van der Waals surface area contributed by atoms with Gasteiger partial charge >= 0.3 is 5.97 Å². The van der Waals surface area contributed by atoms with E-state index in [1.165, 1.54) is 44.9 Å². The second-order valence-electron chi connectivity index (χ2n) is 6.22. The molecule has 0 spiro atoms. The van der Waals surface area contributed by atoms with E-state index < -0.39 is 6.10 Å². The van der Waals surface area contributed by atoms with Gasteiger partial charge in [-0.05, 0) is 19.3 Å². The van der Waals surface area contributed by atoms with Gasteiger partial charge in [-0.15, -0.1) is 11.6 Å². The summed E-state index contributed by atoms with van der Waals surface area (Å²) < 4.78 is 4.82. The Morgan fingerprint density at radius 3 is 1.92 bits per heavy atom. The van der Waals surface area contributed by atoms with Crippen LogP contribution in [0.5, 0.6) is 0 Å². The average Bonchev–Trinajstić information content (AvgIpc) is 2.63. The van der Waals surface area contributed by atoms with E-state index in [-0.39, 0.29) is 25.8 Å². The van der Waals surface area contributed by atoms with Crippen molar-refractivity contribution in [3.05, 3.63) is 0 Å². The fourth-order valence-electron chi connectivity index (χ4n) is 2.10. The lowest BCUT2D eigenvalue weighted by atomic mass is 10.1. The first kappa shape index (κ1) is 26.9. The van der Waals surface area contributed by atoms with Crippen LogP contribution in [0.1, 0.15) is 84.0 Å². The number of carbonyl (C=O) groups excluding carboxylic acids is 1. The minimum absolute atomic E-state index is 0.104. The number of alkyl halides is 1. The number of rotatable bonds is 16. The zero-order valence-corrected chi connectivity index (χ0v) is 16.7. The second kappa shape index (κ2) is 23.6. The summed E-state index contributed by atoms with van der Waals surface area (Å²) in [6.45, 7) is 2.02. The minimum atomic E-state index is -0.952. The van der Waals surface area contributed by atoms with Crippen LogP contribution in [-0.2, 0) is 9.53 Å². The van der Waals surface area contributed by atoms with E-state index in [0.29, 0.717) is 12.3 Å². The van der Waals surface area contributed by atoms with Crippen LogP contribution in [0.4, 0.5) is 0 Å². The molecule has 152 valence electrons. The first-order valence-electron chi connectivity index (χ1n) is 9.73. The van der Waals surface area contributed by atoms with Crippen LogP contribution in [0.25, 0.3) is 0 Å². The predicted molar refractivity (Wildman–Crippen MR) is 103 cm³/mol. The molecule has 0 rings (SSSR count). The molecular formula is C19H39ClO5. The molecule has 0 amide bonds. The Balaban J connectivity index is 0. The van der Waals surface area contributed by atoms with Gasteiger partial charge in [-0.1, -0.05) is 58.3 Å². The highest BCUT2D eigenvalue weighted by Gasteiger charge is 2.07. The number of unbranched alkanes of at least 4 members (excludes halogenated alkanes) is 9. The van der Waals surface area contributed by atoms with Crippen LogP contribution >= 0.6 is 11.6 Å². The lowest BCUT2D eigenvalue weighted by Crippen LogP contribution is -2.21. The molecule has 0 fully saturated rings. The molecule has 0 saturated heterocycles. The molecule has 0 aromatic carbocycles. The molecule has 6 heteroatoms. The van der Waals surface area contributed by atoms with E-state index >= 15 is 0 Å². The largest absolute Gasteiger partial charge is 0.463 e. The molecule has 0 aliphatic carbocycles. The molecular weight excluding hydrogens is 344 g/mol. The highest BCUT2D eigenvalue weighted by Crippen LogP contribution is 2.10. The third-order valence-electron chi connectivity index (χ3n) is 3.67. The van der Waals surface area contributed by atoms with Crippen molar-refractivity contribution < 1.29 is 24.9 Å². The zero-order valence-electron chi connectivity index (χ0n) is 15.9. The van der Waals surface area contributed by atoms with Gasteiger partial charge in [0.25, 0.3) is 0 Å². The van der Waals surface area contributed by atoms with Crippen molar-refractivity contribution in [3.63, 3.8) is 0 Å². The van der Waals surface area contributed by atoms with Crippen LogP contribution < -0.4 is 0 Å². The topological polar surface area (TPSA) is 87.0 Å². The van der Waals surface area contributed by atoms with Crippen molar-refractivity contribution in [2.75, 3.05) is 25.7 Å². The van der Waals surface area contributed by atoms with Crippen LogP contribution in [0, 0.1) is 0 Å². The Labute approximate surface area is 158 Å². The molecule has 0 bridgehead atoms. The van der Waals surface area contributed by atoms with Gasteiger partial charge in [0.2, 0.25) is 0 Å². The van der Waals surface area contributed by atoms with E-state index in [4.69, 9.17) is 31.7 Å². The fraction of sp³-hybridized carbons (Fsp3) is 0.947. The number of hydrogen-bond donors (Lipinski definition) is 3. The standard InChI is InChI=1S/C15H30O4.C4H9ClO/c1-2-3-4-5-6-7-8-9-10-11-15(18)19-13-14(17)12-16;5-3-1-2-4-6/h14,16-17H,2-13H2,1H3;6H,1-4H2. The molecule has 1 unspecified atom stereocenters. The normalized spacial score (nSPS) is 11.6. The fourth-order valence-corrected chi connectivity index (χ4v) is 2.29. The van der Waals surface area contributed by atoms with Crippen molar-refractivity contribution in [1.29, 1.82) is 0 Å². The molecule has 0 radical (unpaired) electrons. The second-order valence-corrected chi connectivity index (χ2v) is 6.60. The number of aliphatic hydroxyl groups is 3. The summed E-state index contributed by atoms with van der Waals surface area (Å²) in [5.74, 6) is 0.385. The number of carbonyl (C=O) groups is 1. The Morgan fingerprint density at radius 2 is 1.48 bits per heavy atom. The van der Waals surface area contributed by atoms with Gasteiger partial charge in [0.1, 0.15) is 12.7 Å². The lowest BCUT2D eigenvalue weighted by Gasteiger charge is -2.08. The van der Waals surface area contributed by atoms with Crippen molar-refractivity contribution in [2.45, 2.75) is 90.1 Å². The van der Waals surface area contributed by atoms with Crippen molar-refractivity contribution in [3.8, 4) is 0 Å². The molecule has 5 nitrogen and oxygen atoms in total. The number of hydrogen-bond acceptors (Lipinski definition) is 5. The Hall–Kier alpha value is -0.360. The molecule has 0 heterocycles. The SMILES string of the molecule is CCCCCCCCCCCC(=O)OCC(O)CO.OCCCCCl. The molecule has 0 aliphatic heterocycles. The molecule has 0 aliphatic rings. The summed E-state index contributed by atoms with van der Waals surface area (Å²) in [6.07, 6.45) is 12.2. The highest BCUT2D eigenvalue weighted by molar-refractivity contribution is 6.17. The number of halogens is 1. The lowest BCUT2D eigenvalue weighted by molar-refractivity contribution is -0.147. The quantitative estimate of drug-likeness (QED) is 0.215. The Kier molecular flexibility index (Phi) is 25.4. The Morgan fingerprint density at radius 1 is 0.920 bits per heavy atom. The molecule has 25 heavy (non-hydrogen) atoms. The van der Waals surface area contributed by atoms with Gasteiger partial charge in [-0.2, -0.15) is 0 Å². The first-order valence-corrected chi connectivity index (χ1v) is 10.3. The number of aliphatic hydroxyl groups excluding tert-OH is 3. The van der Waals surface area contributed by atoms with Crippen molar-refractivity contribution in [2.24, 2.45) is 0 Å². The summed E-state index contributed by atoms with van der Waals surface area (Å²) in [5.41, 5.74) is 0. The van der Waals surface area contributed by atoms with Gasteiger partial charge in [0, 0.05) is 18.9 Å². The van der Waals surface area contributed by atoms with E-state index in [0.717, 1.165) is 25.7 Å². The summed E-state index contributed by atoms with van der Waals surface area (Å²) >= 11 is 5.27. The monoisotopic (exact) mass is 382 g/mol. The highest BCUT2D eigenvalue weighted by atomic mass is 35.5. The van der Waals surface area contributed by atoms with E-state index in [9.17, 15) is 4.79 Å². The summed E-state index contributed by atoms with van der Waals surface area (Å²) in [5, 5.41) is 25.7. The summed E-state index contributed by atoms with van der Waals surface area (Å²) in [4.78, 5) is 11.3. The third-order valence-corrected chi connectivity index (χ3v) is 3.94. The molecule has 3 N–H and O–H groups in total. The van der Waals surface area contributed by atoms with Crippen LogP contribution in [-0.4, -0.2) is 53.1 Å². The van der Waals surface area contributed by atoms with Crippen molar-refractivity contribution in [1.82, 2.24) is 0 Å². The van der Waals surface area contributed by atoms with Gasteiger partial charge in [0.05, 0.1) is 6.61 Å². The van der Waals surface area contributed by atoms with Crippen LogP contribution in [0.3, 0.4) is 0 Å². The summed E-state index contributed by atoms with van der Waals surface area (Å²) in [7, 11) is 0. The molecule has 0 aromatic heterocycles. The molecule has 1 atom stereocenters. The maximum absolute atomic E-state index is 11.3.